The fourth-order valence-electron chi connectivity index (χ4n) is 4.66. The number of amides is 3. The number of carboxylic acids is 2. The van der Waals surface area contributed by atoms with Crippen LogP contribution in [0.15, 0.2) is 65.8 Å². The van der Waals surface area contributed by atoms with Crippen LogP contribution in [0.4, 0.5) is 0 Å². The van der Waals surface area contributed by atoms with Crippen LogP contribution in [0, 0.1) is 0 Å². The number of nitrogens with one attached hydrogen (secondary N) is 4. The second-order valence-electron chi connectivity index (χ2n) is 10.4. The van der Waals surface area contributed by atoms with Gasteiger partial charge in [-0.1, -0.05) is 48.5 Å². The number of hydrogen-bond donors (Lipinski definition) is 9. The minimum absolute atomic E-state index is 0.0200. The second kappa shape index (κ2) is 16.4. The van der Waals surface area contributed by atoms with Gasteiger partial charge in [-0.15, -0.1) is 0 Å². The highest BCUT2D eigenvalue weighted by Gasteiger charge is 2.32. The van der Waals surface area contributed by atoms with Crippen LogP contribution < -0.4 is 33.2 Å². The topological polar surface area (TPSA) is 268 Å². The molecule has 0 aliphatic heterocycles. The Hall–Kier alpha value is -5.44. The quantitative estimate of drug-likeness (QED) is 0.0521. The van der Waals surface area contributed by atoms with Crippen LogP contribution >= 0.6 is 0 Å². The Morgan fingerprint density at radius 3 is 2.09 bits per heavy atom. The lowest BCUT2D eigenvalue weighted by atomic mass is 10.0. The average Bonchev–Trinajstić information content (AvgIpc) is 3.40. The highest BCUT2D eigenvalue weighted by Crippen LogP contribution is 2.19. The Kier molecular flexibility index (Phi) is 12.4. The van der Waals surface area contributed by atoms with Crippen LogP contribution in [0.2, 0.25) is 0 Å². The molecule has 0 saturated heterocycles. The maximum Gasteiger partial charge on any atom is 0.326 e. The van der Waals surface area contributed by atoms with Gasteiger partial charge in [0.05, 0.1) is 12.5 Å². The predicted octanol–water partition coefficient (Wildman–Crippen LogP) is -0.652. The number of benzene rings is 2. The minimum Gasteiger partial charge on any atom is -0.481 e. The zero-order valence-corrected chi connectivity index (χ0v) is 24.4. The van der Waals surface area contributed by atoms with Gasteiger partial charge in [0.25, 0.3) is 0 Å². The summed E-state index contributed by atoms with van der Waals surface area (Å²) < 4.78 is 0. The number of carboxylic acid groups (broad SMARTS) is 2. The van der Waals surface area contributed by atoms with Gasteiger partial charge in [0.1, 0.15) is 18.1 Å². The van der Waals surface area contributed by atoms with E-state index in [-0.39, 0.29) is 38.2 Å². The zero-order valence-electron chi connectivity index (χ0n) is 24.4. The molecule has 12 N–H and O–H groups in total. The van der Waals surface area contributed by atoms with Crippen molar-refractivity contribution in [3.63, 3.8) is 0 Å². The molecular formula is C30H38N8O7. The summed E-state index contributed by atoms with van der Waals surface area (Å²) in [4.78, 5) is 70.1. The molecule has 15 nitrogen and oxygen atoms in total. The van der Waals surface area contributed by atoms with Gasteiger partial charge in [-0.25, -0.2) is 4.79 Å². The summed E-state index contributed by atoms with van der Waals surface area (Å²) in [7, 11) is 0. The number of carbonyl (C=O) groups is 5. The number of aliphatic carboxylic acids is 2. The number of aromatic amines is 1. The van der Waals surface area contributed by atoms with E-state index < -0.39 is 60.2 Å². The number of fused-ring (bicyclic) bond motifs is 1. The molecule has 3 aromatic rings. The number of guanidine groups is 1. The number of nitrogens with two attached hydrogens (primary N) is 3. The largest absolute Gasteiger partial charge is 0.481 e. The van der Waals surface area contributed by atoms with E-state index in [4.69, 9.17) is 17.2 Å². The molecule has 0 radical (unpaired) electrons. The third kappa shape index (κ3) is 10.7. The predicted molar refractivity (Wildman–Crippen MR) is 166 cm³/mol. The van der Waals surface area contributed by atoms with Crippen LogP contribution in [0.5, 0.6) is 0 Å². The van der Waals surface area contributed by atoms with E-state index in [0.717, 1.165) is 16.5 Å². The van der Waals surface area contributed by atoms with Crippen molar-refractivity contribution >= 4 is 46.5 Å². The molecule has 4 atom stereocenters. The van der Waals surface area contributed by atoms with E-state index >= 15 is 0 Å². The molecule has 1 aromatic heterocycles. The first-order valence-corrected chi connectivity index (χ1v) is 14.2. The van der Waals surface area contributed by atoms with E-state index in [1.807, 2.05) is 18.2 Å². The van der Waals surface area contributed by atoms with E-state index in [0.29, 0.717) is 5.56 Å². The van der Waals surface area contributed by atoms with Crippen molar-refractivity contribution in [3.8, 4) is 0 Å². The molecule has 3 amide bonds. The number of rotatable bonds is 17. The molecule has 15 heteroatoms. The van der Waals surface area contributed by atoms with Crippen molar-refractivity contribution in [1.29, 1.82) is 0 Å². The Labute approximate surface area is 258 Å². The van der Waals surface area contributed by atoms with E-state index in [9.17, 15) is 34.2 Å². The van der Waals surface area contributed by atoms with Gasteiger partial charge < -0.3 is 48.3 Å². The van der Waals surface area contributed by atoms with E-state index in [2.05, 4.69) is 25.9 Å². The number of aliphatic imine (C=N–C) groups is 1. The lowest BCUT2D eigenvalue weighted by Crippen LogP contribution is -2.57. The lowest BCUT2D eigenvalue weighted by Gasteiger charge is -2.24. The number of nitrogens with zero attached hydrogens (tertiary/aromatic N) is 1. The second-order valence-corrected chi connectivity index (χ2v) is 10.4. The number of aromatic nitrogens is 1. The first kappa shape index (κ1) is 34.1. The normalized spacial score (nSPS) is 13.5. The Bertz CT molecular complexity index is 1520. The van der Waals surface area contributed by atoms with Gasteiger partial charge in [0.2, 0.25) is 17.7 Å². The summed E-state index contributed by atoms with van der Waals surface area (Å²) in [6, 6.07) is 10.9. The standard InChI is InChI=1S/C30H38N8O7/c31-20(13-17-7-2-1-3-8-17)26(41)36-22(11-6-12-34-30(32)33)27(42)37-23(15-25(39)40)28(43)38-24(29(44)45)14-18-16-35-21-10-5-4-9-19(18)21/h1-5,7-10,16,20,22-24,35H,6,11-15,31H2,(H,36,41)(H,37,42)(H,38,43)(H,39,40)(H,44,45)(H4,32,33,34). The van der Waals surface area contributed by atoms with Gasteiger partial charge >= 0.3 is 11.9 Å². The molecule has 0 fully saturated rings. The first-order valence-electron chi connectivity index (χ1n) is 14.2. The molecule has 1 heterocycles. The summed E-state index contributed by atoms with van der Waals surface area (Å²) in [5.74, 6) is -5.48. The number of H-pyrrole nitrogens is 1. The highest BCUT2D eigenvalue weighted by atomic mass is 16.4. The molecule has 0 aliphatic rings. The summed E-state index contributed by atoms with van der Waals surface area (Å²) in [6.45, 7) is 0.130. The van der Waals surface area contributed by atoms with Gasteiger partial charge in [-0.05, 0) is 36.5 Å². The third-order valence-electron chi connectivity index (χ3n) is 6.94. The van der Waals surface area contributed by atoms with Crippen molar-refractivity contribution in [2.75, 3.05) is 6.54 Å². The fraction of sp³-hybridized carbons (Fsp3) is 0.333. The van der Waals surface area contributed by atoms with Crippen LogP contribution in [0.1, 0.15) is 30.4 Å². The van der Waals surface area contributed by atoms with Crippen LogP contribution in [0.25, 0.3) is 10.9 Å². The van der Waals surface area contributed by atoms with Crippen LogP contribution in [0.3, 0.4) is 0 Å². The van der Waals surface area contributed by atoms with Gasteiger partial charge in [-0.2, -0.15) is 0 Å². The Morgan fingerprint density at radius 2 is 1.42 bits per heavy atom. The van der Waals surface area contributed by atoms with Gasteiger partial charge in [0.15, 0.2) is 5.96 Å². The number of hydrogen-bond acceptors (Lipinski definition) is 7. The maximum atomic E-state index is 13.4. The van der Waals surface area contributed by atoms with Crippen molar-refractivity contribution in [2.45, 2.75) is 56.3 Å². The third-order valence-corrected chi connectivity index (χ3v) is 6.94. The van der Waals surface area contributed by atoms with Gasteiger partial charge in [0, 0.05) is 30.1 Å². The molecule has 45 heavy (non-hydrogen) atoms. The van der Waals surface area contributed by atoms with Crippen LogP contribution in [-0.4, -0.2) is 81.5 Å². The molecule has 3 rings (SSSR count). The molecule has 4 unspecified atom stereocenters. The van der Waals surface area contributed by atoms with Crippen LogP contribution in [-0.2, 0) is 36.8 Å². The van der Waals surface area contributed by atoms with Crippen molar-refractivity contribution in [1.82, 2.24) is 20.9 Å². The van der Waals surface area contributed by atoms with Crippen molar-refractivity contribution in [3.05, 3.63) is 71.9 Å². The summed E-state index contributed by atoms with van der Waals surface area (Å²) >= 11 is 0. The zero-order chi connectivity index (χ0) is 32.9. The fourth-order valence-corrected chi connectivity index (χ4v) is 4.66. The molecule has 2 aromatic carbocycles. The van der Waals surface area contributed by atoms with Gasteiger partial charge in [-0.3, -0.25) is 24.2 Å². The molecular weight excluding hydrogens is 584 g/mol. The number of para-hydroxylation sites is 1. The molecule has 0 spiro atoms. The molecule has 0 bridgehead atoms. The number of carbonyl (C=O) groups excluding carboxylic acids is 3. The highest BCUT2D eigenvalue weighted by molar-refractivity contribution is 5.96. The lowest BCUT2D eigenvalue weighted by molar-refractivity contribution is -0.143. The SMILES string of the molecule is NC(N)=NCCCC(NC(=O)C(N)Cc1ccccc1)C(=O)NC(CC(=O)O)C(=O)NC(Cc1c[nH]c2ccccc12)C(=O)O. The monoisotopic (exact) mass is 622 g/mol. The maximum absolute atomic E-state index is 13.4. The Morgan fingerprint density at radius 1 is 0.800 bits per heavy atom. The molecule has 0 aliphatic carbocycles. The Balaban J connectivity index is 1.74. The molecule has 240 valence electrons. The van der Waals surface area contributed by atoms with E-state index in [1.54, 1.807) is 42.6 Å². The summed E-state index contributed by atoms with van der Waals surface area (Å²) in [6.07, 6.45) is 1.12. The summed E-state index contributed by atoms with van der Waals surface area (Å²) in [5, 5.41) is 27.3. The van der Waals surface area contributed by atoms with Crippen molar-refractivity contribution < 1.29 is 34.2 Å². The minimum atomic E-state index is -1.66. The smallest absolute Gasteiger partial charge is 0.326 e. The average molecular weight is 623 g/mol. The molecule has 0 saturated carbocycles. The first-order chi connectivity index (χ1) is 21.4. The van der Waals surface area contributed by atoms with Crippen molar-refractivity contribution in [2.24, 2.45) is 22.2 Å². The van der Waals surface area contributed by atoms with E-state index in [1.165, 1.54) is 0 Å². The summed E-state index contributed by atoms with van der Waals surface area (Å²) in [5.41, 5.74) is 19.0.